The Morgan fingerprint density at radius 2 is 1.31 bits per heavy atom. The molecule has 0 fully saturated rings. The summed E-state index contributed by atoms with van der Waals surface area (Å²) in [7, 11) is -0.160. The molecule has 0 saturated heterocycles. The van der Waals surface area contributed by atoms with Gasteiger partial charge in [-0.25, -0.2) is 0 Å². The summed E-state index contributed by atoms with van der Waals surface area (Å²) in [6.07, 6.45) is 9.64. The predicted octanol–water partition coefficient (Wildman–Crippen LogP) is 7.85. The van der Waals surface area contributed by atoms with Gasteiger partial charge < -0.3 is 14.2 Å². The number of carbonyl (C=O) groups excluding carboxylic acids is 1. The maximum absolute atomic E-state index is 13.4. The van der Waals surface area contributed by atoms with E-state index in [0.717, 1.165) is 74.4 Å². The molecule has 0 heterocycles. The molecule has 4 nitrogen and oxygen atoms in total. The fourth-order valence-electron chi connectivity index (χ4n) is 3.71. The van der Waals surface area contributed by atoms with E-state index in [0.29, 0.717) is 41.9 Å². The normalized spacial score (nSPS) is 10.9. The van der Waals surface area contributed by atoms with Gasteiger partial charge in [-0.2, -0.15) is 0 Å². The van der Waals surface area contributed by atoms with Crippen LogP contribution in [0.5, 0.6) is 17.2 Å². The van der Waals surface area contributed by atoms with Gasteiger partial charge in [-0.1, -0.05) is 83.0 Å². The van der Waals surface area contributed by atoms with E-state index in [1.165, 1.54) is 0 Å². The monoisotopic (exact) mass is 528 g/mol. The fraction of sp³-hybridized carbons (Fsp3) is 0.552. The number of unbranched alkanes of at least 4 members (excludes halogenated alkanes) is 6. The molecule has 0 spiro atoms. The molecule has 0 aliphatic carbocycles. The molecule has 0 aliphatic rings. The van der Waals surface area contributed by atoms with Gasteiger partial charge in [-0.3, -0.25) is 4.79 Å². The Hall–Kier alpha value is -1.17. The minimum atomic E-state index is -0.160. The van der Waals surface area contributed by atoms with Gasteiger partial charge in [0.15, 0.2) is 5.52 Å². The van der Waals surface area contributed by atoms with E-state index in [4.69, 9.17) is 25.8 Å². The first kappa shape index (κ1) is 32.9. The predicted molar refractivity (Wildman–Crippen MR) is 157 cm³/mol. The van der Waals surface area contributed by atoms with Gasteiger partial charge in [0.25, 0.3) is 0 Å². The summed E-state index contributed by atoms with van der Waals surface area (Å²) in [6, 6.07) is 9.40. The first-order chi connectivity index (χ1) is 17.0. The van der Waals surface area contributed by atoms with E-state index in [2.05, 4.69) is 20.8 Å². The van der Waals surface area contributed by atoms with E-state index in [-0.39, 0.29) is 33.0 Å². The summed E-state index contributed by atoms with van der Waals surface area (Å²) in [6.45, 7) is 10.3. The molecule has 2 rings (SSSR count). The Kier molecular flexibility index (Phi) is 17.3. The van der Waals surface area contributed by atoms with Crippen LogP contribution in [0.2, 0.25) is 5.02 Å². The molecule has 0 aromatic heterocycles. The average Bonchev–Trinajstić information content (AvgIpc) is 2.84. The average molecular weight is 529 g/mol. The van der Waals surface area contributed by atoms with Crippen LogP contribution in [0.15, 0.2) is 30.3 Å². The number of hydrogen-bond donors (Lipinski definition) is 0. The van der Waals surface area contributed by atoms with Crippen molar-refractivity contribution in [3.05, 3.63) is 46.5 Å². The first-order valence-electron chi connectivity index (χ1n) is 13.1. The van der Waals surface area contributed by atoms with Crippen molar-refractivity contribution in [2.75, 3.05) is 19.8 Å². The third kappa shape index (κ3) is 11.1. The van der Waals surface area contributed by atoms with E-state index in [9.17, 15) is 4.79 Å². The number of ether oxygens (including phenoxy) is 3. The molecule has 0 bridgehead atoms. The second-order valence-electron chi connectivity index (χ2n) is 8.85. The Morgan fingerprint density at radius 3 is 1.78 bits per heavy atom. The number of aryl methyl sites for hydroxylation is 1. The molecule has 196 valence electrons. The van der Waals surface area contributed by atoms with Gasteiger partial charge in [0.1, 0.15) is 17.2 Å². The van der Waals surface area contributed by atoms with Crippen LogP contribution in [0.25, 0.3) is 0 Å². The SMILES string of the molecule is CCCCCOc1cc(OCCCCC)c(PC(=O)c2c(C)cccc2Cl)c(OCCCCC)c1.[LiH]. The molecule has 0 N–H and O–H groups in total. The number of hydrogen-bond acceptors (Lipinski definition) is 4. The topological polar surface area (TPSA) is 44.8 Å². The zero-order valence-corrected chi connectivity index (χ0v) is 23.6. The van der Waals surface area contributed by atoms with E-state index in [1.807, 2.05) is 31.2 Å². The molecule has 0 radical (unpaired) electrons. The molecule has 0 amide bonds. The molecule has 0 saturated carbocycles. The van der Waals surface area contributed by atoms with Gasteiger partial charge in [0.05, 0.1) is 30.1 Å². The zero-order valence-electron chi connectivity index (χ0n) is 21.9. The summed E-state index contributed by atoms with van der Waals surface area (Å²) in [5, 5.41) is 1.28. The van der Waals surface area contributed by atoms with Crippen molar-refractivity contribution in [2.24, 2.45) is 0 Å². The Labute approximate surface area is 237 Å². The first-order valence-corrected chi connectivity index (χ1v) is 14.5. The van der Waals surface area contributed by atoms with Gasteiger partial charge in [-0.05, 0) is 46.4 Å². The van der Waals surface area contributed by atoms with Crippen LogP contribution in [-0.4, -0.2) is 44.2 Å². The van der Waals surface area contributed by atoms with E-state index >= 15 is 0 Å². The van der Waals surface area contributed by atoms with Crippen LogP contribution in [0.3, 0.4) is 0 Å². The van der Waals surface area contributed by atoms with Crippen molar-refractivity contribution >= 4 is 49.9 Å². The molecule has 0 aliphatic heterocycles. The number of halogens is 1. The van der Waals surface area contributed by atoms with Crippen LogP contribution in [0.4, 0.5) is 0 Å². The van der Waals surface area contributed by atoms with Crippen molar-refractivity contribution in [1.29, 1.82) is 0 Å². The number of rotatable bonds is 18. The van der Waals surface area contributed by atoms with Crippen molar-refractivity contribution < 1.29 is 19.0 Å². The standard InChI is InChI=1S/C29H42ClO4P.Li.H/c1-5-8-11-17-32-23-20-25(33-18-12-9-6-2)28(26(21-23)34-19-13-10-7-3)35-29(31)27-22(4)15-14-16-24(27)30;;/h14-16,20-21,35H,5-13,17-19H2,1-4H3;;. The summed E-state index contributed by atoms with van der Waals surface area (Å²) < 4.78 is 18.5. The van der Waals surface area contributed by atoms with Crippen LogP contribution in [0.1, 0.15) is 94.5 Å². The van der Waals surface area contributed by atoms with E-state index in [1.54, 1.807) is 6.07 Å². The van der Waals surface area contributed by atoms with Crippen molar-refractivity contribution in [3.8, 4) is 17.2 Å². The van der Waals surface area contributed by atoms with Crippen LogP contribution in [-0.2, 0) is 0 Å². The minimum absolute atomic E-state index is 0. The molecule has 1 unspecified atom stereocenters. The van der Waals surface area contributed by atoms with Crippen LogP contribution >= 0.6 is 20.2 Å². The molecule has 2 aromatic rings. The number of carbonyl (C=O) groups is 1. The van der Waals surface area contributed by atoms with Gasteiger partial charge >= 0.3 is 18.9 Å². The summed E-state index contributed by atoms with van der Waals surface area (Å²) in [5.74, 6) is 2.08. The summed E-state index contributed by atoms with van der Waals surface area (Å²) >= 11 is 6.42. The van der Waals surface area contributed by atoms with Gasteiger partial charge in [-0.15, -0.1) is 0 Å². The molecule has 2 aromatic carbocycles. The van der Waals surface area contributed by atoms with E-state index < -0.39 is 0 Å². The van der Waals surface area contributed by atoms with Crippen LogP contribution in [0, 0.1) is 6.92 Å². The van der Waals surface area contributed by atoms with Crippen LogP contribution < -0.4 is 19.5 Å². The Morgan fingerprint density at radius 1 is 0.806 bits per heavy atom. The van der Waals surface area contributed by atoms with Crippen molar-refractivity contribution in [1.82, 2.24) is 0 Å². The molecule has 1 atom stereocenters. The third-order valence-corrected chi connectivity index (χ3v) is 7.29. The zero-order chi connectivity index (χ0) is 25.5. The summed E-state index contributed by atoms with van der Waals surface area (Å²) in [5.41, 5.74) is 1.43. The third-order valence-electron chi connectivity index (χ3n) is 5.75. The van der Waals surface area contributed by atoms with Gasteiger partial charge in [0.2, 0.25) is 0 Å². The summed E-state index contributed by atoms with van der Waals surface area (Å²) in [4.78, 5) is 13.4. The molecular weight excluding hydrogens is 486 g/mol. The second-order valence-corrected chi connectivity index (χ2v) is 10.5. The maximum atomic E-state index is 13.4. The quantitative estimate of drug-likeness (QED) is 0.112. The molecular formula is C29H43ClLiO4P. The molecule has 36 heavy (non-hydrogen) atoms. The number of benzene rings is 2. The van der Waals surface area contributed by atoms with Crippen molar-refractivity contribution in [3.63, 3.8) is 0 Å². The Bertz CT molecular complexity index is 869. The van der Waals surface area contributed by atoms with Crippen molar-refractivity contribution in [2.45, 2.75) is 85.5 Å². The fourth-order valence-corrected chi connectivity index (χ4v) is 5.31. The Balaban J connectivity index is 0.00000648. The second kappa shape index (κ2) is 19.0. The van der Waals surface area contributed by atoms with Gasteiger partial charge in [0, 0.05) is 17.7 Å². The molecule has 7 heteroatoms.